The van der Waals surface area contributed by atoms with Crippen molar-refractivity contribution >= 4 is 54.8 Å². The van der Waals surface area contributed by atoms with Gasteiger partial charge in [-0.25, -0.2) is 4.98 Å². The van der Waals surface area contributed by atoms with Crippen LogP contribution in [-0.4, -0.2) is 14.1 Å². The molecule has 0 saturated carbocycles. The summed E-state index contributed by atoms with van der Waals surface area (Å²) in [7, 11) is 0. The van der Waals surface area contributed by atoms with Crippen LogP contribution in [0.5, 0.6) is 11.5 Å². The Morgan fingerprint density at radius 3 is 2.08 bits per heavy atom. The smallest absolute Gasteiger partial charge is 0.269 e. The lowest BCUT2D eigenvalue weighted by atomic mass is 9.88. The highest BCUT2D eigenvalue weighted by molar-refractivity contribution is 6.11. The summed E-state index contributed by atoms with van der Waals surface area (Å²) in [6, 6.07) is 40.1. The minimum absolute atomic E-state index is 0.000752. The fraction of sp³-hybridized carbons (Fsp3) is 0.0769. The molecule has 0 amide bonds. The van der Waals surface area contributed by atoms with Crippen molar-refractivity contribution in [3.8, 4) is 62.1 Å². The molecule has 0 bridgehead atoms. The normalized spacial score (nSPS) is 14.7. The molecule has 71 heavy (non-hydrogen) atoms. The van der Waals surface area contributed by atoms with Gasteiger partial charge in [0.25, 0.3) is 6.33 Å². The first kappa shape index (κ1) is 30.5. The Hall–Kier alpha value is -9.00. The van der Waals surface area contributed by atoms with Crippen molar-refractivity contribution in [3.63, 3.8) is 0 Å². The Bertz CT molecular complexity index is 4790. The number of benzene rings is 9. The molecule has 4 heterocycles. The minimum Gasteiger partial charge on any atom is -0.458 e. The van der Waals surface area contributed by atoms with Crippen molar-refractivity contribution in [2.24, 2.45) is 0 Å². The number of aromatic nitrogens is 4. The standard InChI is InChI=1S/C65H48N4O2/c1-42-29-32-55-54-24-12-14-28-60(54)71-64(55)62(42)45-30-34-57-59(37-45)68(63-50(43-17-7-5-8-18-43)25-16-26-51(63)44-19-9-6-10-20-44)41-67(57)47-21-15-22-48(39-47)70-49-31-33-53-52-23-11-13-27-56(52)69(58(53)40-49)61-38-46(35-36-66-61)65(2,3)4/h5-40H,1-4H3/i1D3,5D,6D,7D,8D,9D,10D,17D,18D,19D,20D. The van der Waals surface area contributed by atoms with Gasteiger partial charge in [0.2, 0.25) is 0 Å². The van der Waals surface area contributed by atoms with Crippen LogP contribution in [0, 0.1) is 13.2 Å². The number of hydrogen-bond donors (Lipinski definition) is 0. The Balaban J connectivity index is 1.07. The Kier molecular flexibility index (Phi) is 7.13. The van der Waals surface area contributed by atoms with Crippen LogP contribution in [0.25, 0.3) is 105 Å². The van der Waals surface area contributed by atoms with Crippen LogP contribution in [0.4, 0.5) is 0 Å². The van der Waals surface area contributed by atoms with Gasteiger partial charge in [0.05, 0.1) is 47.1 Å². The number of nitrogens with zero attached hydrogens (tertiary/aromatic N) is 4. The fourth-order valence-electron chi connectivity index (χ4n) is 9.74. The molecule has 0 aliphatic heterocycles. The van der Waals surface area contributed by atoms with E-state index in [4.69, 9.17) is 26.5 Å². The molecule has 0 unspecified atom stereocenters. The van der Waals surface area contributed by atoms with Crippen LogP contribution in [-0.2, 0) is 5.41 Å². The first-order valence-corrected chi connectivity index (χ1v) is 23.1. The second-order valence-corrected chi connectivity index (χ2v) is 18.4. The summed E-state index contributed by atoms with van der Waals surface area (Å²) in [5, 5.41) is 3.48. The van der Waals surface area contributed by atoms with E-state index >= 15 is 0 Å². The van der Waals surface area contributed by atoms with Crippen molar-refractivity contribution in [1.29, 1.82) is 0 Å². The summed E-state index contributed by atoms with van der Waals surface area (Å²) in [6.07, 6.45) is 5.31. The SMILES string of the molecule is [2H]c1c([2H])c([2H])c(-c2cccc(-c3c([2H])c([2H])c([2H])c([2H])c3[2H])c2-[n+]2[c-]n(-c3cccc(Oc4ccc5c6ccccc6n(-c6cc(C(C)(C)C)ccn6)c5c4)c3)c3ccc(-c4c(C([2H])([2H])[2H])ccc5c4oc4ccccc45)cc32)c([2H])c1[2H]. The number of para-hydroxylation sites is 3. The van der Waals surface area contributed by atoms with E-state index in [1.807, 2.05) is 85.1 Å². The summed E-state index contributed by atoms with van der Waals surface area (Å²) < 4.78 is 134. The quantitative estimate of drug-likeness (QED) is 0.113. The molecule has 0 N–H and O–H groups in total. The number of hydrogen-bond acceptors (Lipinski definition) is 3. The van der Waals surface area contributed by atoms with Crippen molar-refractivity contribution in [1.82, 2.24) is 14.1 Å². The van der Waals surface area contributed by atoms with Crippen LogP contribution in [0.2, 0.25) is 0 Å². The van der Waals surface area contributed by atoms with Gasteiger partial charge >= 0.3 is 0 Å². The molecule has 6 heteroatoms. The van der Waals surface area contributed by atoms with E-state index in [1.165, 1.54) is 6.07 Å². The third kappa shape index (κ3) is 7.18. The highest BCUT2D eigenvalue weighted by Gasteiger charge is 2.23. The number of pyridine rings is 1. The van der Waals surface area contributed by atoms with E-state index in [2.05, 4.69) is 49.9 Å². The summed E-state index contributed by atoms with van der Waals surface area (Å²) in [4.78, 5) is 4.85. The van der Waals surface area contributed by atoms with Gasteiger partial charge in [-0.1, -0.05) is 166 Å². The number of furan rings is 1. The molecule has 340 valence electrons. The van der Waals surface area contributed by atoms with Gasteiger partial charge in [0.15, 0.2) is 0 Å². The zero-order valence-electron chi connectivity index (χ0n) is 51.6. The first-order valence-electron chi connectivity index (χ1n) is 29.6. The Labute approximate surface area is 430 Å². The van der Waals surface area contributed by atoms with Gasteiger partial charge in [-0.2, -0.15) is 0 Å². The minimum atomic E-state index is -2.64. The first-order chi connectivity index (χ1) is 40.1. The molecule has 13 rings (SSSR count). The third-order valence-corrected chi connectivity index (χ3v) is 13.1. The molecule has 0 fully saturated rings. The van der Waals surface area contributed by atoms with E-state index in [-0.39, 0.29) is 44.5 Å². The molecule has 6 nitrogen and oxygen atoms in total. The molecule has 0 atom stereocenters. The van der Waals surface area contributed by atoms with Gasteiger partial charge in [0, 0.05) is 43.5 Å². The highest BCUT2D eigenvalue weighted by Crippen LogP contribution is 2.41. The molecule has 4 aromatic heterocycles. The number of aryl methyl sites for hydroxylation is 1. The summed E-state index contributed by atoms with van der Waals surface area (Å²) in [5.41, 5.74) is 5.30. The summed E-state index contributed by atoms with van der Waals surface area (Å²) in [6.45, 7) is 3.85. The fourth-order valence-corrected chi connectivity index (χ4v) is 9.74. The van der Waals surface area contributed by atoms with Gasteiger partial charge < -0.3 is 9.15 Å². The van der Waals surface area contributed by atoms with Gasteiger partial charge in [-0.05, 0) is 112 Å². The van der Waals surface area contributed by atoms with Crippen molar-refractivity contribution in [2.45, 2.75) is 33.0 Å². The van der Waals surface area contributed by atoms with E-state index in [9.17, 15) is 5.48 Å². The number of imidazole rings is 1. The summed E-state index contributed by atoms with van der Waals surface area (Å²) >= 11 is 0. The second-order valence-electron chi connectivity index (χ2n) is 18.4. The molecule has 0 saturated heterocycles. The predicted octanol–water partition coefficient (Wildman–Crippen LogP) is 16.5. The van der Waals surface area contributed by atoms with Crippen molar-refractivity contribution < 1.29 is 31.5 Å². The maximum Gasteiger partial charge on any atom is 0.269 e. The van der Waals surface area contributed by atoms with Gasteiger partial charge in [-0.3, -0.25) is 13.7 Å². The van der Waals surface area contributed by atoms with Crippen LogP contribution in [0.1, 0.15) is 49.7 Å². The third-order valence-electron chi connectivity index (χ3n) is 13.1. The van der Waals surface area contributed by atoms with E-state index in [1.54, 1.807) is 57.7 Å². The Morgan fingerprint density at radius 2 is 1.31 bits per heavy atom. The monoisotopic (exact) mass is 929 g/mol. The second kappa shape index (κ2) is 16.6. The van der Waals surface area contributed by atoms with Gasteiger partial charge in [0.1, 0.15) is 28.5 Å². The van der Waals surface area contributed by atoms with Crippen LogP contribution >= 0.6 is 0 Å². The molecule has 13 aromatic rings. The zero-order chi connectivity index (χ0) is 59.0. The number of fused-ring (bicyclic) bond motifs is 7. The number of ether oxygens (including phenoxy) is 1. The van der Waals surface area contributed by atoms with Crippen LogP contribution in [0.15, 0.2) is 223 Å². The lowest BCUT2D eigenvalue weighted by Gasteiger charge is -2.20. The molecule has 0 radical (unpaired) electrons. The zero-order valence-corrected chi connectivity index (χ0v) is 38.6. The molecular weight excluding hydrogens is 869 g/mol. The lowest BCUT2D eigenvalue weighted by Crippen LogP contribution is -2.31. The lowest BCUT2D eigenvalue weighted by molar-refractivity contribution is -0.571. The topological polar surface area (TPSA) is 49.0 Å². The van der Waals surface area contributed by atoms with E-state index in [0.717, 1.165) is 38.6 Å². The maximum atomic E-state index is 9.28. The average Bonchev–Trinajstić information content (AvgIpc) is 4.25. The van der Waals surface area contributed by atoms with Crippen LogP contribution in [0.3, 0.4) is 0 Å². The predicted molar refractivity (Wildman–Crippen MR) is 289 cm³/mol. The van der Waals surface area contributed by atoms with E-state index < -0.39 is 67.3 Å². The maximum absolute atomic E-state index is 9.28. The van der Waals surface area contributed by atoms with Crippen LogP contribution < -0.4 is 9.30 Å². The highest BCUT2D eigenvalue weighted by atomic mass is 16.5. The van der Waals surface area contributed by atoms with Gasteiger partial charge in [-0.15, -0.1) is 0 Å². The molecule has 9 aromatic carbocycles. The van der Waals surface area contributed by atoms with Crippen molar-refractivity contribution in [3.05, 3.63) is 236 Å². The number of rotatable bonds is 8. The van der Waals surface area contributed by atoms with Crippen molar-refractivity contribution in [2.75, 3.05) is 0 Å². The average molecular weight is 930 g/mol. The molecule has 0 spiro atoms. The molecule has 0 aliphatic carbocycles. The molecule has 0 aliphatic rings. The largest absolute Gasteiger partial charge is 0.458 e. The Morgan fingerprint density at radius 1 is 0.606 bits per heavy atom. The molecular formula is C65H48N4O2. The summed E-state index contributed by atoms with van der Waals surface area (Å²) in [5.74, 6) is 1.71. The van der Waals surface area contributed by atoms with E-state index in [0.29, 0.717) is 50.3 Å².